The highest BCUT2D eigenvalue weighted by molar-refractivity contribution is 7.98. The van der Waals surface area contributed by atoms with Crippen molar-refractivity contribution < 1.29 is 0 Å². The van der Waals surface area contributed by atoms with Crippen molar-refractivity contribution in [3.05, 3.63) is 70.9 Å². The van der Waals surface area contributed by atoms with Gasteiger partial charge >= 0.3 is 0 Å². The van der Waals surface area contributed by atoms with Crippen LogP contribution in [-0.2, 0) is 12.8 Å². The van der Waals surface area contributed by atoms with E-state index in [0.29, 0.717) is 17.8 Å². The van der Waals surface area contributed by atoms with Crippen LogP contribution in [0.5, 0.6) is 0 Å². The topological polar surface area (TPSA) is 87.6 Å². The van der Waals surface area contributed by atoms with Crippen LogP contribution in [0.25, 0.3) is 11.1 Å². The summed E-state index contributed by atoms with van der Waals surface area (Å²) in [7, 11) is 0. The molecule has 3 aromatic rings. The second kappa shape index (κ2) is 9.36. The molecule has 6 heteroatoms. The molecule has 142 valence electrons. The molecule has 0 radical (unpaired) electrons. The second-order valence-corrected chi connectivity index (χ2v) is 7.18. The number of hydrogen-bond donors (Lipinski definition) is 2. The van der Waals surface area contributed by atoms with E-state index in [1.54, 1.807) is 0 Å². The van der Waals surface area contributed by atoms with Crippen LogP contribution in [0.1, 0.15) is 35.7 Å². The molecule has 1 heterocycles. The van der Waals surface area contributed by atoms with Gasteiger partial charge in [-0.1, -0.05) is 67.6 Å². The number of nitrogens with two attached hydrogens (primary N) is 1. The maximum atomic E-state index is 9.33. The summed E-state index contributed by atoms with van der Waals surface area (Å²) in [4.78, 5) is 9.21. The molecule has 0 atom stereocenters. The number of aryl methyl sites for hydroxylation is 1. The average molecular weight is 390 g/mol. The third-order valence-electron chi connectivity index (χ3n) is 4.57. The van der Waals surface area contributed by atoms with Gasteiger partial charge in [0.2, 0.25) is 0 Å². The number of rotatable bonds is 7. The zero-order valence-electron chi connectivity index (χ0n) is 16.1. The van der Waals surface area contributed by atoms with Gasteiger partial charge < -0.3 is 5.43 Å². The molecule has 0 fully saturated rings. The highest BCUT2D eigenvalue weighted by Gasteiger charge is 2.14. The van der Waals surface area contributed by atoms with Crippen molar-refractivity contribution in [1.29, 1.82) is 5.26 Å². The van der Waals surface area contributed by atoms with Gasteiger partial charge in [-0.3, -0.25) is 0 Å². The lowest BCUT2D eigenvalue weighted by Crippen LogP contribution is -2.15. The molecule has 0 aliphatic carbocycles. The van der Waals surface area contributed by atoms with Crippen LogP contribution in [0.2, 0.25) is 0 Å². The Hall–Kier alpha value is -2.88. The molecule has 0 aliphatic rings. The Bertz CT molecular complexity index is 993. The molecule has 0 amide bonds. The second-order valence-electron chi connectivity index (χ2n) is 6.41. The van der Waals surface area contributed by atoms with Crippen LogP contribution in [0, 0.1) is 11.3 Å². The van der Waals surface area contributed by atoms with E-state index < -0.39 is 0 Å². The van der Waals surface area contributed by atoms with E-state index in [-0.39, 0.29) is 0 Å². The molecule has 3 rings (SSSR count). The van der Waals surface area contributed by atoms with Crippen molar-refractivity contribution in [1.82, 2.24) is 9.97 Å². The Morgan fingerprint density at radius 3 is 2.50 bits per heavy atom. The van der Waals surface area contributed by atoms with Crippen molar-refractivity contribution in [2.75, 3.05) is 11.7 Å². The zero-order valence-corrected chi connectivity index (χ0v) is 16.9. The van der Waals surface area contributed by atoms with Gasteiger partial charge in [-0.2, -0.15) is 5.26 Å². The van der Waals surface area contributed by atoms with E-state index in [0.717, 1.165) is 45.9 Å². The number of nitrogens with zero attached hydrogens (tertiary/aromatic N) is 3. The predicted molar refractivity (Wildman–Crippen MR) is 115 cm³/mol. The summed E-state index contributed by atoms with van der Waals surface area (Å²) in [5.41, 5.74) is 8.61. The lowest BCUT2D eigenvalue weighted by atomic mass is 9.97. The summed E-state index contributed by atoms with van der Waals surface area (Å²) in [5, 5.41) is 10.1. The SMILES string of the molecule is CCCc1nc(SC)nc(NN)c1Cc1ccc(-c2ccccc2C#N)cc1. The lowest BCUT2D eigenvalue weighted by Gasteiger charge is -2.14. The third kappa shape index (κ3) is 4.33. The number of nitriles is 1. The van der Waals surface area contributed by atoms with Crippen LogP contribution in [0.4, 0.5) is 5.82 Å². The summed E-state index contributed by atoms with van der Waals surface area (Å²) >= 11 is 1.51. The Morgan fingerprint density at radius 1 is 1.11 bits per heavy atom. The normalized spacial score (nSPS) is 10.5. The smallest absolute Gasteiger partial charge is 0.189 e. The van der Waals surface area contributed by atoms with Crippen LogP contribution in [0.3, 0.4) is 0 Å². The monoisotopic (exact) mass is 389 g/mol. The standard InChI is InChI=1S/C22H23N5S/c1-3-6-20-19(21(27-24)26-22(25-20)28-2)13-15-9-11-16(12-10-15)18-8-5-4-7-17(18)14-23/h4-5,7-12H,3,6,13,24H2,1-2H3,(H,25,26,27). The van der Waals surface area contributed by atoms with Crippen molar-refractivity contribution >= 4 is 17.6 Å². The summed E-state index contributed by atoms with van der Waals surface area (Å²) < 4.78 is 0. The number of thioether (sulfide) groups is 1. The maximum Gasteiger partial charge on any atom is 0.189 e. The Balaban J connectivity index is 1.93. The highest BCUT2D eigenvalue weighted by Crippen LogP contribution is 2.27. The number of aromatic nitrogens is 2. The predicted octanol–water partition coefficient (Wildman–Crippen LogP) is 4.57. The van der Waals surface area contributed by atoms with Gasteiger partial charge in [0.1, 0.15) is 5.82 Å². The van der Waals surface area contributed by atoms with E-state index in [1.807, 2.05) is 30.5 Å². The first kappa shape index (κ1) is 19.9. The van der Waals surface area contributed by atoms with Crippen LogP contribution < -0.4 is 11.3 Å². The Morgan fingerprint density at radius 2 is 1.86 bits per heavy atom. The molecule has 0 saturated heterocycles. The van der Waals surface area contributed by atoms with Gasteiger partial charge in [-0.15, -0.1) is 0 Å². The minimum atomic E-state index is 0.677. The van der Waals surface area contributed by atoms with Gasteiger partial charge in [0, 0.05) is 12.0 Å². The number of hydrazine groups is 1. The molecule has 0 unspecified atom stereocenters. The highest BCUT2D eigenvalue weighted by atomic mass is 32.2. The number of nitrogen functional groups attached to an aromatic ring is 1. The van der Waals surface area contributed by atoms with E-state index in [9.17, 15) is 5.26 Å². The maximum absolute atomic E-state index is 9.33. The summed E-state index contributed by atoms with van der Waals surface area (Å²) in [6.07, 6.45) is 4.55. The first-order valence-corrected chi connectivity index (χ1v) is 10.4. The van der Waals surface area contributed by atoms with E-state index in [2.05, 4.69) is 47.7 Å². The van der Waals surface area contributed by atoms with Crippen LogP contribution in [-0.4, -0.2) is 16.2 Å². The van der Waals surface area contributed by atoms with Gasteiger partial charge in [-0.25, -0.2) is 15.8 Å². The number of benzene rings is 2. The quantitative estimate of drug-likeness (QED) is 0.266. The Labute approximate surface area is 170 Å². The first-order valence-electron chi connectivity index (χ1n) is 9.19. The number of nitrogens with one attached hydrogen (secondary N) is 1. The molecule has 2 aromatic carbocycles. The fourth-order valence-electron chi connectivity index (χ4n) is 3.19. The minimum Gasteiger partial charge on any atom is -0.308 e. The molecule has 1 aromatic heterocycles. The Kier molecular flexibility index (Phi) is 6.64. The van der Waals surface area contributed by atoms with Crippen LogP contribution in [0.15, 0.2) is 53.7 Å². The van der Waals surface area contributed by atoms with Crippen molar-refractivity contribution in [2.24, 2.45) is 5.84 Å². The third-order valence-corrected chi connectivity index (χ3v) is 5.12. The summed E-state index contributed by atoms with van der Waals surface area (Å²) in [5.74, 6) is 6.43. The molecule has 3 N–H and O–H groups in total. The molecular weight excluding hydrogens is 366 g/mol. The first-order chi connectivity index (χ1) is 13.7. The van der Waals surface area contributed by atoms with E-state index >= 15 is 0 Å². The molecule has 0 spiro atoms. The van der Waals surface area contributed by atoms with Gasteiger partial charge in [0.05, 0.1) is 17.3 Å². The fraction of sp³-hybridized carbons (Fsp3) is 0.227. The van der Waals surface area contributed by atoms with Crippen molar-refractivity contribution in [2.45, 2.75) is 31.3 Å². The molecule has 5 nitrogen and oxygen atoms in total. The van der Waals surface area contributed by atoms with Crippen molar-refractivity contribution in [3.8, 4) is 17.2 Å². The molecule has 0 bridgehead atoms. The van der Waals surface area contributed by atoms with Crippen LogP contribution >= 0.6 is 11.8 Å². The summed E-state index contributed by atoms with van der Waals surface area (Å²) in [6.45, 7) is 2.14. The number of anilines is 1. The van der Waals surface area contributed by atoms with Gasteiger partial charge in [-0.05, 0) is 35.4 Å². The largest absolute Gasteiger partial charge is 0.308 e. The lowest BCUT2D eigenvalue weighted by molar-refractivity contribution is 0.805. The molecule has 28 heavy (non-hydrogen) atoms. The zero-order chi connectivity index (χ0) is 19.9. The fourth-order valence-corrected chi connectivity index (χ4v) is 3.57. The van der Waals surface area contributed by atoms with Crippen molar-refractivity contribution in [3.63, 3.8) is 0 Å². The minimum absolute atomic E-state index is 0.677. The number of hydrogen-bond acceptors (Lipinski definition) is 6. The summed E-state index contributed by atoms with van der Waals surface area (Å²) in [6, 6.07) is 18.2. The van der Waals surface area contributed by atoms with Gasteiger partial charge in [0.25, 0.3) is 0 Å². The van der Waals surface area contributed by atoms with E-state index in [1.165, 1.54) is 11.8 Å². The molecule has 0 saturated carbocycles. The molecular formula is C22H23N5S. The average Bonchev–Trinajstić information content (AvgIpc) is 2.75. The van der Waals surface area contributed by atoms with E-state index in [4.69, 9.17) is 10.8 Å². The van der Waals surface area contributed by atoms with Gasteiger partial charge in [0.15, 0.2) is 5.16 Å². The molecule has 0 aliphatic heterocycles.